The minimum absolute atomic E-state index is 0.263. The Morgan fingerprint density at radius 2 is 2.04 bits per heavy atom. The van der Waals surface area contributed by atoms with Crippen LogP contribution >= 0.6 is 0 Å². The molecule has 0 spiro atoms. The van der Waals surface area contributed by atoms with Crippen LogP contribution in [-0.2, 0) is 13.6 Å². The van der Waals surface area contributed by atoms with Crippen molar-refractivity contribution in [2.75, 3.05) is 13.1 Å². The predicted molar refractivity (Wildman–Crippen MR) is 98.6 cm³/mol. The normalized spacial score (nSPS) is 17.8. The van der Waals surface area contributed by atoms with Gasteiger partial charge in [0.2, 0.25) is 0 Å². The molecule has 4 heterocycles. The van der Waals surface area contributed by atoms with Gasteiger partial charge < -0.3 is 9.67 Å². The average molecular weight is 354 g/mol. The van der Waals surface area contributed by atoms with Gasteiger partial charge in [-0.05, 0) is 51.8 Å². The van der Waals surface area contributed by atoms with Gasteiger partial charge in [-0.15, -0.1) is 0 Å². The number of nitrogens with zero attached hydrogens (tertiary/aromatic N) is 6. The molecule has 0 aromatic carbocycles. The van der Waals surface area contributed by atoms with E-state index in [0.29, 0.717) is 0 Å². The van der Waals surface area contributed by atoms with E-state index in [1.807, 2.05) is 41.5 Å². The van der Waals surface area contributed by atoms with E-state index in [1.165, 1.54) is 5.56 Å². The number of likely N-dealkylation sites (tertiary alicyclic amines) is 1. The maximum absolute atomic E-state index is 10.6. The molecule has 4 rings (SSSR count). The van der Waals surface area contributed by atoms with Gasteiger partial charge in [-0.3, -0.25) is 4.90 Å². The number of aliphatic hydroxyl groups excluding tert-OH is 1. The highest BCUT2D eigenvalue weighted by molar-refractivity contribution is 5.47. The Morgan fingerprint density at radius 3 is 2.73 bits per heavy atom. The van der Waals surface area contributed by atoms with Crippen molar-refractivity contribution in [3.8, 4) is 0 Å². The highest BCUT2D eigenvalue weighted by Crippen LogP contribution is 2.30. The van der Waals surface area contributed by atoms with Gasteiger partial charge in [0.25, 0.3) is 0 Å². The second kappa shape index (κ2) is 6.81. The summed E-state index contributed by atoms with van der Waals surface area (Å²) < 4.78 is 3.83. The van der Waals surface area contributed by atoms with Gasteiger partial charge in [-0.1, -0.05) is 0 Å². The van der Waals surface area contributed by atoms with Crippen LogP contribution in [0.3, 0.4) is 0 Å². The monoisotopic (exact) mass is 354 g/mol. The number of rotatable bonds is 4. The van der Waals surface area contributed by atoms with E-state index in [1.54, 1.807) is 6.20 Å². The second-order valence-corrected chi connectivity index (χ2v) is 7.40. The minimum Gasteiger partial charge on any atom is -0.385 e. The first kappa shape index (κ1) is 17.2. The molecule has 138 valence electrons. The van der Waals surface area contributed by atoms with E-state index in [-0.39, 0.29) is 5.92 Å². The molecule has 1 N–H and O–H groups in total. The van der Waals surface area contributed by atoms with Gasteiger partial charge in [0.1, 0.15) is 11.9 Å². The van der Waals surface area contributed by atoms with Crippen LogP contribution in [0.1, 0.15) is 41.7 Å². The molecular formula is C19H26N6O. The van der Waals surface area contributed by atoms with Crippen LogP contribution in [0.5, 0.6) is 0 Å². The molecular weight excluding hydrogens is 328 g/mol. The van der Waals surface area contributed by atoms with Crippen molar-refractivity contribution in [3.63, 3.8) is 0 Å². The lowest BCUT2D eigenvalue weighted by Gasteiger charge is -2.33. The predicted octanol–water partition coefficient (Wildman–Crippen LogP) is 2.03. The van der Waals surface area contributed by atoms with Crippen molar-refractivity contribution >= 4 is 5.65 Å². The molecule has 0 aliphatic carbocycles. The minimum atomic E-state index is -0.485. The van der Waals surface area contributed by atoms with Crippen LogP contribution in [0.25, 0.3) is 5.65 Å². The van der Waals surface area contributed by atoms with E-state index >= 15 is 0 Å². The molecule has 3 aromatic heterocycles. The van der Waals surface area contributed by atoms with Crippen molar-refractivity contribution in [3.05, 3.63) is 47.4 Å². The summed E-state index contributed by atoms with van der Waals surface area (Å²) in [5.41, 5.74) is 4.25. The van der Waals surface area contributed by atoms with Crippen molar-refractivity contribution < 1.29 is 5.11 Å². The Balaban J connectivity index is 1.42. The number of piperidine rings is 1. The highest BCUT2D eigenvalue weighted by Gasteiger charge is 2.28. The first-order chi connectivity index (χ1) is 12.5. The second-order valence-electron chi connectivity index (χ2n) is 7.40. The molecule has 7 heteroatoms. The molecule has 0 unspecified atom stereocenters. The number of hydrogen-bond donors (Lipinski definition) is 1. The van der Waals surface area contributed by atoms with Crippen molar-refractivity contribution in [2.24, 2.45) is 13.0 Å². The number of aryl methyl sites for hydroxylation is 3. The Labute approximate surface area is 153 Å². The lowest BCUT2D eigenvalue weighted by molar-refractivity contribution is 0.0493. The van der Waals surface area contributed by atoms with E-state index in [2.05, 4.69) is 26.9 Å². The molecule has 3 aromatic rings. The standard InChI is InChI=1S/C19H26N6O/c1-13-10-14(2)25-18(22-13)16(11-21-25)12-24-7-4-15(5-8-24)17(26)19-20-6-9-23(19)3/h6,9-11,15,17,26H,4-5,7-8,12H2,1-3H3/t17-/m0/s1. The van der Waals surface area contributed by atoms with Gasteiger partial charge in [-0.25, -0.2) is 14.5 Å². The largest absolute Gasteiger partial charge is 0.385 e. The van der Waals surface area contributed by atoms with E-state index < -0.39 is 6.10 Å². The summed E-state index contributed by atoms with van der Waals surface area (Å²) >= 11 is 0. The van der Waals surface area contributed by atoms with Gasteiger partial charge in [-0.2, -0.15) is 5.10 Å². The van der Waals surface area contributed by atoms with Gasteiger partial charge >= 0.3 is 0 Å². The molecule has 1 aliphatic heterocycles. The summed E-state index contributed by atoms with van der Waals surface area (Å²) in [7, 11) is 1.93. The summed E-state index contributed by atoms with van der Waals surface area (Å²) in [4.78, 5) is 11.4. The Kier molecular flexibility index (Phi) is 4.50. The number of fused-ring (bicyclic) bond motifs is 1. The van der Waals surface area contributed by atoms with E-state index in [4.69, 9.17) is 0 Å². The Bertz CT molecular complexity index is 906. The molecule has 0 bridgehead atoms. The third-order valence-electron chi connectivity index (χ3n) is 5.45. The molecule has 1 fully saturated rings. The first-order valence-electron chi connectivity index (χ1n) is 9.21. The molecule has 26 heavy (non-hydrogen) atoms. The topological polar surface area (TPSA) is 71.5 Å². The molecule has 1 aliphatic rings. The fourth-order valence-corrected chi connectivity index (χ4v) is 3.97. The number of hydrogen-bond acceptors (Lipinski definition) is 5. The Morgan fingerprint density at radius 1 is 1.27 bits per heavy atom. The van der Waals surface area contributed by atoms with Crippen LogP contribution in [0.4, 0.5) is 0 Å². The maximum atomic E-state index is 10.6. The van der Waals surface area contributed by atoms with Crippen LogP contribution < -0.4 is 0 Å². The number of aromatic nitrogens is 5. The summed E-state index contributed by atoms with van der Waals surface area (Å²) in [6, 6.07) is 2.05. The third-order valence-corrected chi connectivity index (χ3v) is 5.45. The summed E-state index contributed by atoms with van der Waals surface area (Å²) in [6.45, 7) is 6.87. The van der Waals surface area contributed by atoms with Crippen molar-refractivity contribution in [1.29, 1.82) is 0 Å². The maximum Gasteiger partial charge on any atom is 0.159 e. The van der Waals surface area contributed by atoms with Crippen molar-refractivity contribution in [1.82, 2.24) is 29.0 Å². The summed E-state index contributed by atoms with van der Waals surface area (Å²) in [5, 5.41) is 15.1. The van der Waals surface area contributed by atoms with Gasteiger partial charge in [0, 0.05) is 42.9 Å². The molecule has 0 amide bonds. The summed E-state index contributed by atoms with van der Waals surface area (Å²) in [5.74, 6) is 1.03. The van der Waals surface area contributed by atoms with Gasteiger partial charge in [0.15, 0.2) is 5.65 Å². The van der Waals surface area contributed by atoms with Gasteiger partial charge in [0.05, 0.1) is 6.20 Å². The third kappa shape index (κ3) is 3.12. The zero-order chi connectivity index (χ0) is 18.3. The molecule has 1 saturated heterocycles. The zero-order valence-corrected chi connectivity index (χ0v) is 15.6. The smallest absolute Gasteiger partial charge is 0.159 e. The van der Waals surface area contributed by atoms with Crippen molar-refractivity contribution in [2.45, 2.75) is 39.3 Å². The molecule has 0 radical (unpaired) electrons. The Hall–Kier alpha value is -2.25. The van der Waals surface area contributed by atoms with E-state index in [9.17, 15) is 5.11 Å². The lowest BCUT2D eigenvalue weighted by Crippen LogP contribution is -2.35. The number of aliphatic hydroxyl groups is 1. The average Bonchev–Trinajstić information content (AvgIpc) is 3.22. The highest BCUT2D eigenvalue weighted by atomic mass is 16.3. The van der Waals surface area contributed by atoms with Crippen LogP contribution in [0.2, 0.25) is 0 Å². The lowest BCUT2D eigenvalue weighted by atomic mass is 9.90. The van der Waals surface area contributed by atoms with E-state index in [0.717, 1.165) is 55.3 Å². The summed E-state index contributed by atoms with van der Waals surface area (Å²) in [6.07, 6.45) is 7.02. The zero-order valence-electron chi connectivity index (χ0n) is 15.6. The van der Waals surface area contributed by atoms with Crippen LogP contribution in [0, 0.1) is 19.8 Å². The SMILES string of the molecule is Cc1cc(C)n2ncc(CN3CCC([C@H](O)c4nccn4C)CC3)c2n1. The quantitative estimate of drug-likeness (QED) is 0.776. The van der Waals surface area contributed by atoms with Crippen LogP contribution in [0.15, 0.2) is 24.7 Å². The fraction of sp³-hybridized carbons (Fsp3) is 0.526. The molecule has 7 nitrogen and oxygen atoms in total. The molecule has 0 saturated carbocycles. The number of imidazole rings is 1. The molecule has 1 atom stereocenters. The fourth-order valence-electron chi connectivity index (χ4n) is 3.97. The van der Waals surface area contributed by atoms with Crippen LogP contribution in [-0.4, -0.2) is 47.2 Å². The first-order valence-corrected chi connectivity index (χ1v) is 9.21.